The molecule has 43 heavy (non-hydrogen) atoms. The number of carbonyl (C=O) groups excluding carboxylic acids is 2. The van der Waals surface area contributed by atoms with Crippen LogP contribution in [0, 0.1) is 22.7 Å². The lowest BCUT2D eigenvalue weighted by Crippen LogP contribution is -2.69. The molecule has 0 bridgehead atoms. The second kappa shape index (κ2) is 9.66. The number of carbonyl (C=O) groups is 2. The number of fused-ring (bicyclic) bond motifs is 7. The molecule has 4 N–H and O–H groups in total. The standard InChI is InChI=1S/C35H38FNO6/c1-32-13-12-25(39)16-23(32)10-11-26-27-17-30-35(29(41)19-38,33(27,2)18-28(40)34(26,32)36)43-31(42-30)22-8-6-20(7-9-22)14-21-4-3-5-24(37)15-21/h3-9,12-13,15-16,26-28,30-31,38,40H,10-11,14,17-19,37H2,1-2H3/t26-,27-,28-,30+,31-,32-,33-,34-,35+/m0/s1. The van der Waals surface area contributed by atoms with E-state index in [-0.39, 0.29) is 18.1 Å². The Morgan fingerprint density at radius 3 is 2.60 bits per heavy atom. The van der Waals surface area contributed by atoms with Crippen LogP contribution in [-0.4, -0.2) is 51.9 Å². The van der Waals surface area contributed by atoms with E-state index in [0.717, 1.165) is 16.7 Å². The minimum Gasteiger partial charge on any atom is -0.399 e. The molecule has 8 heteroatoms. The number of rotatable bonds is 5. The first kappa shape index (κ1) is 28.6. The smallest absolute Gasteiger partial charge is 0.193 e. The van der Waals surface area contributed by atoms with Gasteiger partial charge in [0.05, 0.1) is 12.2 Å². The van der Waals surface area contributed by atoms with Gasteiger partial charge in [-0.15, -0.1) is 0 Å². The maximum Gasteiger partial charge on any atom is 0.193 e. The fraction of sp³-hybridized carbons (Fsp3) is 0.486. The number of Topliss-reactive ketones (excluding diaryl/α,β-unsaturated/α-hetero) is 1. The highest BCUT2D eigenvalue weighted by atomic mass is 19.1. The van der Waals surface area contributed by atoms with Gasteiger partial charge >= 0.3 is 0 Å². The predicted octanol–water partition coefficient (Wildman–Crippen LogP) is 4.55. The summed E-state index contributed by atoms with van der Waals surface area (Å²) in [6.07, 6.45) is 3.55. The van der Waals surface area contributed by atoms with Gasteiger partial charge in [-0.3, -0.25) is 9.59 Å². The number of ketones is 2. The topological polar surface area (TPSA) is 119 Å². The molecule has 0 radical (unpaired) electrons. The second-order valence-electron chi connectivity index (χ2n) is 13.6. The van der Waals surface area contributed by atoms with Crippen LogP contribution in [0.4, 0.5) is 10.1 Å². The van der Waals surface area contributed by atoms with Gasteiger partial charge in [0.15, 0.2) is 29.1 Å². The van der Waals surface area contributed by atoms with E-state index in [9.17, 15) is 19.8 Å². The Morgan fingerprint density at radius 1 is 1.12 bits per heavy atom. The Balaban J connectivity index is 1.20. The number of allylic oxidation sites excluding steroid dienone is 4. The molecule has 1 saturated heterocycles. The van der Waals surface area contributed by atoms with E-state index in [0.29, 0.717) is 36.9 Å². The molecule has 3 saturated carbocycles. The minimum absolute atomic E-state index is 0.0349. The maximum absolute atomic E-state index is 17.5. The SMILES string of the molecule is C[C@]12C=CC(=O)C=C1CC[C@H]1[C@@H]3C[C@H]4O[C@H](c5ccc(Cc6cccc(N)c6)cc5)O[C@@]4(C(=O)CO)[C@@]3(C)C[C@H](O)[C@@]12F. The van der Waals surface area contributed by atoms with Crippen molar-refractivity contribution in [3.8, 4) is 0 Å². The number of nitrogens with two attached hydrogens (primary N) is 1. The lowest BCUT2D eigenvalue weighted by Gasteiger charge is -2.62. The number of aliphatic hydroxyl groups is 2. The summed E-state index contributed by atoms with van der Waals surface area (Å²) in [6, 6.07) is 15.5. The molecule has 1 aliphatic heterocycles. The molecular weight excluding hydrogens is 549 g/mol. The van der Waals surface area contributed by atoms with Crippen LogP contribution in [0.2, 0.25) is 0 Å². The molecule has 1 heterocycles. The Kier molecular flexibility index (Phi) is 6.43. The van der Waals surface area contributed by atoms with Gasteiger partial charge in [-0.1, -0.05) is 55.0 Å². The van der Waals surface area contributed by atoms with E-state index in [1.165, 1.54) is 12.2 Å². The summed E-state index contributed by atoms with van der Waals surface area (Å²) in [4.78, 5) is 25.9. The van der Waals surface area contributed by atoms with Crippen LogP contribution in [0.3, 0.4) is 0 Å². The molecule has 5 aliphatic rings. The van der Waals surface area contributed by atoms with Gasteiger partial charge in [-0.25, -0.2) is 4.39 Å². The Labute approximate surface area is 250 Å². The van der Waals surface area contributed by atoms with Gasteiger partial charge in [0.25, 0.3) is 0 Å². The van der Waals surface area contributed by atoms with Gasteiger partial charge < -0.3 is 25.4 Å². The van der Waals surface area contributed by atoms with Gasteiger partial charge in [-0.2, -0.15) is 0 Å². The number of ether oxygens (including phenoxy) is 2. The normalized spacial score (nSPS) is 41.2. The average Bonchev–Trinajstić information content (AvgIpc) is 3.47. The molecule has 9 atom stereocenters. The van der Waals surface area contributed by atoms with Crippen LogP contribution in [0.15, 0.2) is 72.3 Å². The quantitative estimate of drug-likeness (QED) is 0.439. The molecule has 4 aliphatic carbocycles. The summed E-state index contributed by atoms with van der Waals surface area (Å²) in [6.45, 7) is 2.91. The van der Waals surface area contributed by atoms with Crippen LogP contribution >= 0.6 is 0 Å². The summed E-state index contributed by atoms with van der Waals surface area (Å²) in [7, 11) is 0. The number of nitrogen functional groups attached to an aromatic ring is 1. The molecule has 2 aromatic rings. The van der Waals surface area contributed by atoms with Crippen LogP contribution in [-0.2, 0) is 25.5 Å². The summed E-state index contributed by atoms with van der Waals surface area (Å²) in [5.74, 6) is -1.61. The van der Waals surface area contributed by atoms with E-state index in [2.05, 4.69) is 0 Å². The van der Waals surface area contributed by atoms with Crippen molar-refractivity contribution in [1.29, 1.82) is 0 Å². The van der Waals surface area contributed by atoms with Gasteiger partial charge in [0, 0.05) is 28.0 Å². The minimum atomic E-state index is -2.03. The molecular formula is C35H38FNO6. The first-order chi connectivity index (χ1) is 20.5. The molecule has 0 amide bonds. The van der Waals surface area contributed by atoms with Crippen molar-refractivity contribution >= 4 is 17.3 Å². The van der Waals surface area contributed by atoms with Crippen molar-refractivity contribution in [2.45, 2.75) is 75.7 Å². The van der Waals surface area contributed by atoms with E-state index < -0.39 is 58.9 Å². The third-order valence-electron chi connectivity index (χ3n) is 11.6. The van der Waals surface area contributed by atoms with Crippen molar-refractivity contribution in [2.24, 2.45) is 22.7 Å². The molecule has 0 spiro atoms. The molecule has 7 rings (SSSR count). The monoisotopic (exact) mass is 587 g/mol. The van der Waals surface area contributed by atoms with Gasteiger partial charge in [0.2, 0.25) is 0 Å². The van der Waals surface area contributed by atoms with Crippen LogP contribution < -0.4 is 5.73 Å². The molecule has 226 valence electrons. The third-order valence-corrected chi connectivity index (χ3v) is 11.6. The van der Waals surface area contributed by atoms with E-state index in [4.69, 9.17) is 15.2 Å². The van der Waals surface area contributed by atoms with Crippen molar-refractivity contribution in [1.82, 2.24) is 0 Å². The fourth-order valence-corrected chi connectivity index (χ4v) is 9.45. The lowest BCUT2D eigenvalue weighted by atomic mass is 9.44. The number of aliphatic hydroxyl groups excluding tert-OH is 2. The molecule has 7 nitrogen and oxygen atoms in total. The van der Waals surface area contributed by atoms with E-state index in [1.807, 2.05) is 55.5 Å². The molecule has 0 unspecified atom stereocenters. The molecule has 4 fully saturated rings. The average molecular weight is 588 g/mol. The van der Waals surface area contributed by atoms with Gasteiger partial charge in [0.1, 0.15) is 6.61 Å². The van der Waals surface area contributed by atoms with Crippen molar-refractivity contribution in [3.63, 3.8) is 0 Å². The number of benzene rings is 2. The Bertz CT molecular complexity index is 1550. The van der Waals surface area contributed by atoms with Crippen molar-refractivity contribution in [3.05, 3.63) is 89.0 Å². The summed E-state index contributed by atoms with van der Waals surface area (Å²) in [5.41, 5.74) is 4.58. The number of hydrogen-bond acceptors (Lipinski definition) is 7. The Morgan fingerprint density at radius 2 is 1.88 bits per heavy atom. The zero-order chi connectivity index (χ0) is 30.4. The van der Waals surface area contributed by atoms with E-state index >= 15 is 4.39 Å². The number of alkyl halides is 1. The third kappa shape index (κ3) is 3.79. The summed E-state index contributed by atoms with van der Waals surface area (Å²) < 4.78 is 30.6. The zero-order valence-electron chi connectivity index (χ0n) is 24.5. The first-order valence-corrected chi connectivity index (χ1v) is 15.2. The fourth-order valence-electron chi connectivity index (χ4n) is 9.45. The van der Waals surface area contributed by atoms with Crippen LogP contribution in [0.1, 0.15) is 62.5 Å². The highest BCUT2D eigenvalue weighted by Gasteiger charge is 2.79. The first-order valence-electron chi connectivity index (χ1n) is 15.2. The Hall–Kier alpha value is -3.17. The molecule has 0 aromatic heterocycles. The summed E-state index contributed by atoms with van der Waals surface area (Å²) >= 11 is 0. The van der Waals surface area contributed by atoms with Crippen molar-refractivity contribution < 1.29 is 33.7 Å². The second-order valence-corrected chi connectivity index (χ2v) is 13.6. The largest absolute Gasteiger partial charge is 0.399 e. The highest BCUT2D eigenvalue weighted by Crippen LogP contribution is 2.72. The highest BCUT2D eigenvalue weighted by molar-refractivity contribution is 6.01. The lowest BCUT2D eigenvalue weighted by molar-refractivity contribution is -0.231. The predicted molar refractivity (Wildman–Crippen MR) is 157 cm³/mol. The van der Waals surface area contributed by atoms with Crippen LogP contribution in [0.5, 0.6) is 0 Å². The maximum atomic E-state index is 17.5. The van der Waals surface area contributed by atoms with Gasteiger partial charge in [-0.05, 0) is 80.4 Å². The van der Waals surface area contributed by atoms with E-state index in [1.54, 1.807) is 13.0 Å². The van der Waals surface area contributed by atoms with Crippen molar-refractivity contribution in [2.75, 3.05) is 12.3 Å². The zero-order valence-corrected chi connectivity index (χ0v) is 24.5. The summed E-state index contributed by atoms with van der Waals surface area (Å²) in [5, 5.41) is 21.9. The number of hydrogen-bond donors (Lipinski definition) is 3. The van der Waals surface area contributed by atoms with Crippen LogP contribution in [0.25, 0.3) is 0 Å². The number of halogens is 1. The number of anilines is 1. The molecule has 2 aromatic carbocycles.